The van der Waals surface area contributed by atoms with E-state index < -0.39 is 0 Å². The fourth-order valence-electron chi connectivity index (χ4n) is 2.66. The van der Waals surface area contributed by atoms with Gasteiger partial charge in [0.1, 0.15) is 5.75 Å². The first-order chi connectivity index (χ1) is 13.5. The summed E-state index contributed by atoms with van der Waals surface area (Å²) in [6, 6.07) is 14.9. The molecule has 2 N–H and O–H groups in total. The Labute approximate surface area is 180 Å². The largest absolute Gasteiger partial charge is 0.484 e. The van der Waals surface area contributed by atoms with Gasteiger partial charge in [-0.2, -0.15) is 0 Å². The minimum Gasteiger partial charge on any atom is -0.484 e. The Morgan fingerprint density at radius 3 is 2.07 bits per heavy atom. The number of halogens is 1. The molecule has 0 aliphatic rings. The molecule has 6 heteroatoms. The molecule has 0 aliphatic carbocycles. The normalized spacial score (nSPS) is 11.5. The fraction of sp³-hybridized carbons (Fsp3) is 0.364. The minimum absolute atomic E-state index is 0.0117. The van der Waals surface area contributed by atoms with Crippen molar-refractivity contribution in [1.29, 1.82) is 0 Å². The van der Waals surface area contributed by atoms with Crippen molar-refractivity contribution in [3.05, 3.63) is 54.1 Å². The number of hydrogen-bond donors (Lipinski definition) is 2. The summed E-state index contributed by atoms with van der Waals surface area (Å²) in [4.78, 5) is 23.7. The molecule has 0 saturated heterocycles. The average molecular weight is 494 g/mol. The average Bonchev–Trinajstić information content (AvgIpc) is 2.69. The number of nitrogens with one attached hydrogen (secondary N) is 2. The Bertz CT molecular complexity index is 760. The SMILES string of the molecule is CCCC(=O)Nc1ccc(NC(=O)COc2ccc(C(C)CCI)cc2)cc1. The summed E-state index contributed by atoms with van der Waals surface area (Å²) < 4.78 is 6.70. The van der Waals surface area contributed by atoms with Crippen molar-refractivity contribution in [2.75, 3.05) is 21.7 Å². The smallest absolute Gasteiger partial charge is 0.262 e. The van der Waals surface area contributed by atoms with Crippen LogP contribution in [0.4, 0.5) is 11.4 Å². The summed E-state index contributed by atoms with van der Waals surface area (Å²) in [6.07, 6.45) is 2.44. The maximum absolute atomic E-state index is 12.1. The van der Waals surface area contributed by atoms with E-state index in [1.54, 1.807) is 24.3 Å². The van der Waals surface area contributed by atoms with E-state index in [-0.39, 0.29) is 18.4 Å². The van der Waals surface area contributed by atoms with Crippen molar-refractivity contribution in [2.45, 2.75) is 39.0 Å². The molecule has 0 aromatic heterocycles. The molecule has 2 rings (SSSR count). The second-order valence-corrected chi connectivity index (χ2v) is 7.74. The van der Waals surface area contributed by atoms with Gasteiger partial charge in [-0.1, -0.05) is 48.6 Å². The Morgan fingerprint density at radius 2 is 1.54 bits per heavy atom. The zero-order valence-electron chi connectivity index (χ0n) is 16.3. The van der Waals surface area contributed by atoms with Gasteiger partial charge in [-0.25, -0.2) is 0 Å². The molecule has 5 nitrogen and oxygen atoms in total. The van der Waals surface area contributed by atoms with E-state index in [2.05, 4.69) is 52.3 Å². The quantitative estimate of drug-likeness (QED) is 0.345. The zero-order valence-corrected chi connectivity index (χ0v) is 18.5. The van der Waals surface area contributed by atoms with E-state index in [1.165, 1.54) is 5.56 Å². The maximum Gasteiger partial charge on any atom is 0.262 e. The third kappa shape index (κ3) is 7.50. The Kier molecular flexibility index (Phi) is 9.27. The second-order valence-electron chi connectivity index (χ2n) is 6.66. The van der Waals surface area contributed by atoms with E-state index in [1.807, 2.05) is 19.1 Å². The zero-order chi connectivity index (χ0) is 20.4. The van der Waals surface area contributed by atoms with Crippen molar-refractivity contribution < 1.29 is 14.3 Å². The predicted molar refractivity (Wildman–Crippen MR) is 122 cm³/mol. The van der Waals surface area contributed by atoms with Crippen LogP contribution in [0.15, 0.2) is 48.5 Å². The van der Waals surface area contributed by atoms with Crippen LogP contribution in [-0.4, -0.2) is 22.8 Å². The number of amides is 2. The van der Waals surface area contributed by atoms with Gasteiger partial charge in [-0.05, 0) is 60.7 Å². The number of alkyl halides is 1. The molecule has 0 spiro atoms. The third-order valence-electron chi connectivity index (χ3n) is 4.29. The molecule has 0 saturated carbocycles. The lowest BCUT2D eigenvalue weighted by atomic mass is 9.99. The van der Waals surface area contributed by atoms with Crippen molar-refractivity contribution in [3.63, 3.8) is 0 Å². The van der Waals surface area contributed by atoms with E-state index in [0.717, 1.165) is 17.3 Å². The van der Waals surface area contributed by atoms with Crippen LogP contribution in [-0.2, 0) is 9.59 Å². The van der Waals surface area contributed by atoms with Gasteiger partial charge in [-0.15, -0.1) is 0 Å². The second kappa shape index (κ2) is 11.7. The highest BCUT2D eigenvalue weighted by atomic mass is 127. The molecule has 0 fully saturated rings. The maximum atomic E-state index is 12.1. The van der Waals surface area contributed by atoms with Crippen LogP contribution >= 0.6 is 22.6 Å². The molecule has 2 aromatic rings. The van der Waals surface area contributed by atoms with Gasteiger partial charge in [0, 0.05) is 22.2 Å². The van der Waals surface area contributed by atoms with E-state index >= 15 is 0 Å². The van der Waals surface area contributed by atoms with Crippen LogP contribution < -0.4 is 15.4 Å². The third-order valence-corrected chi connectivity index (χ3v) is 4.91. The first-order valence-electron chi connectivity index (χ1n) is 9.50. The highest BCUT2D eigenvalue weighted by molar-refractivity contribution is 14.1. The standard InChI is InChI=1S/C22H27IN2O3/c1-3-4-21(26)24-18-7-9-19(10-8-18)25-22(27)15-28-20-11-5-17(6-12-20)16(2)13-14-23/h5-12,16H,3-4,13-15H2,1-2H3,(H,24,26)(H,25,27). The fourth-order valence-corrected chi connectivity index (χ4v) is 3.59. The monoisotopic (exact) mass is 494 g/mol. The van der Waals surface area contributed by atoms with Crippen LogP contribution in [0.3, 0.4) is 0 Å². The lowest BCUT2D eigenvalue weighted by Crippen LogP contribution is -2.20. The van der Waals surface area contributed by atoms with Crippen molar-refractivity contribution >= 4 is 45.8 Å². The van der Waals surface area contributed by atoms with Gasteiger partial charge in [0.25, 0.3) is 5.91 Å². The van der Waals surface area contributed by atoms with Gasteiger partial charge in [-0.3, -0.25) is 9.59 Å². The summed E-state index contributed by atoms with van der Waals surface area (Å²) in [6.45, 7) is 4.11. The van der Waals surface area contributed by atoms with Crippen LogP contribution in [0.1, 0.15) is 44.6 Å². The lowest BCUT2D eigenvalue weighted by molar-refractivity contribution is -0.118. The van der Waals surface area contributed by atoms with Crippen molar-refractivity contribution in [1.82, 2.24) is 0 Å². The Morgan fingerprint density at radius 1 is 0.964 bits per heavy atom. The Balaban J connectivity index is 1.80. The number of benzene rings is 2. The number of hydrogen-bond acceptors (Lipinski definition) is 3. The molecule has 0 aliphatic heterocycles. The van der Waals surface area contributed by atoms with Gasteiger partial charge in [0.05, 0.1) is 0 Å². The molecule has 0 radical (unpaired) electrons. The number of rotatable bonds is 10. The number of anilines is 2. The highest BCUT2D eigenvalue weighted by Crippen LogP contribution is 2.22. The topological polar surface area (TPSA) is 67.4 Å². The van der Waals surface area contributed by atoms with Gasteiger partial charge in [0.2, 0.25) is 5.91 Å². The first kappa shape index (κ1) is 22.2. The first-order valence-corrected chi connectivity index (χ1v) is 11.0. The summed E-state index contributed by atoms with van der Waals surface area (Å²) in [5, 5.41) is 5.60. The molecule has 2 amide bonds. The predicted octanol–water partition coefficient (Wildman–Crippen LogP) is 5.37. The van der Waals surface area contributed by atoms with Crippen LogP contribution in [0, 0.1) is 0 Å². The molecular weight excluding hydrogens is 467 g/mol. The molecule has 150 valence electrons. The molecular formula is C22H27IN2O3. The van der Waals surface area contributed by atoms with E-state index in [4.69, 9.17) is 4.74 Å². The number of carbonyl (C=O) groups is 2. The minimum atomic E-state index is -0.231. The van der Waals surface area contributed by atoms with Gasteiger partial charge in [0.15, 0.2) is 6.61 Å². The number of ether oxygens (including phenoxy) is 1. The summed E-state index contributed by atoms with van der Waals surface area (Å²) in [5.74, 6) is 0.950. The molecule has 1 atom stereocenters. The van der Waals surface area contributed by atoms with Crippen molar-refractivity contribution in [3.8, 4) is 5.75 Å². The molecule has 1 unspecified atom stereocenters. The Hall–Kier alpha value is -2.09. The van der Waals surface area contributed by atoms with Crippen LogP contribution in [0.2, 0.25) is 0 Å². The van der Waals surface area contributed by atoms with Crippen LogP contribution in [0.5, 0.6) is 5.75 Å². The highest BCUT2D eigenvalue weighted by Gasteiger charge is 2.07. The van der Waals surface area contributed by atoms with Crippen LogP contribution in [0.25, 0.3) is 0 Å². The van der Waals surface area contributed by atoms with Gasteiger partial charge >= 0.3 is 0 Å². The summed E-state index contributed by atoms with van der Waals surface area (Å²) >= 11 is 2.39. The van der Waals surface area contributed by atoms with E-state index in [9.17, 15) is 9.59 Å². The van der Waals surface area contributed by atoms with Gasteiger partial charge < -0.3 is 15.4 Å². The lowest BCUT2D eigenvalue weighted by Gasteiger charge is -2.12. The summed E-state index contributed by atoms with van der Waals surface area (Å²) in [7, 11) is 0. The molecule has 2 aromatic carbocycles. The molecule has 28 heavy (non-hydrogen) atoms. The molecule has 0 bridgehead atoms. The van der Waals surface area contributed by atoms with Crippen molar-refractivity contribution in [2.24, 2.45) is 0 Å². The molecule has 0 heterocycles. The van der Waals surface area contributed by atoms with E-state index in [0.29, 0.717) is 29.5 Å². The summed E-state index contributed by atoms with van der Waals surface area (Å²) in [5.41, 5.74) is 2.65. The number of carbonyl (C=O) groups excluding carboxylic acids is 2.